The maximum Gasteiger partial charge on any atom is 0.225 e. The summed E-state index contributed by atoms with van der Waals surface area (Å²) in [5.74, 6) is 0.783. The fraction of sp³-hybridized carbons (Fsp3) is 0.588. The smallest absolute Gasteiger partial charge is 0.225 e. The molecule has 1 atom stereocenters. The molecule has 2 aromatic rings. The van der Waals surface area contributed by atoms with Crippen molar-refractivity contribution >= 4 is 5.95 Å². The number of likely N-dealkylation sites (tertiary alicyclic amines) is 1. The van der Waals surface area contributed by atoms with Gasteiger partial charge in [-0.2, -0.15) is 5.10 Å². The van der Waals surface area contributed by atoms with Crippen molar-refractivity contribution in [2.75, 3.05) is 25.5 Å². The van der Waals surface area contributed by atoms with Crippen molar-refractivity contribution in [3.63, 3.8) is 0 Å². The summed E-state index contributed by atoms with van der Waals surface area (Å²) < 4.78 is 1.95. The van der Waals surface area contributed by atoms with E-state index in [9.17, 15) is 0 Å². The van der Waals surface area contributed by atoms with Gasteiger partial charge in [0, 0.05) is 45.1 Å². The Morgan fingerprint density at radius 3 is 2.83 bits per heavy atom. The van der Waals surface area contributed by atoms with Gasteiger partial charge in [-0.25, -0.2) is 9.97 Å². The second-order valence-corrected chi connectivity index (χ2v) is 6.54. The average molecular weight is 314 g/mol. The topological polar surface area (TPSA) is 50.1 Å². The van der Waals surface area contributed by atoms with E-state index in [0.717, 1.165) is 31.2 Å². The van der Waals surface area contributed by atoms with Crippen LogP contribution in [0.4, 0.5) is 5.95 Å². The Morgan fingerprint density at radius 1 is 1.30 bits per heavy atom. The highest BCUT2D eigenvalue weighted by atomic mass is 15.3. The van der Waals surface area contributed by atoms with Gasteiger partial charge in [0.1, 0.15) is 0 Å². The third-order valence-corrected chi connectivity index (χ3v) is 4.73. The third kappa shape index (κ3) is 3.37. The second-order valence-electron chi connectivity index (χ2n) is 6.54. The van der Waals surface area contributed by atoms with Gasteiger partial charge in [-0.15, -0.1) is 0 Å². The molecule has 3 rings (SSSR count). The van der Waals surface area contributed by atoms with Gasteiger partial charge >= 0.3 is 0 Å². The zero-order chi connectivity index (χ0) is 16.4. The fourth-order valence-electron chi connectivity index (χ4n) is 3.20. The molecule has 0 aromatic carbocycles. The van der Waals surface area contributed by atoms with Crippen LogP contribution in [0.25, 0.3) is 0 Å². The van der Waals surface area contributed by atoms with Crippen molar-refractivity contribution in [1.82, 2.24) is 24.6 Å². The molecule has 2 aromatic heterocycles. The first kappa shape index (κ1) is 15.9. The molecule has 6 heteroatoms. The maximum atomic E-state index is 4.77. The quantitative estimate of drug-likeness (QED) is 0.867. The molecule has 1 aliphatic heterocycles. The van der Waals surface area contributed by atoms with Gasteiger partial charge in [-0.3, -0.25) is 9.58 Å². The zero-order valence-corrected chi connectivity index (χ0v) is 14.5. The molecule has 0 saturated carbocycles. The first-order valence-corrected chi connectivity index (χ1v) is 8.28. The molecule has 1 aliphatic rings. The highest BCUT2D eigenvalue weighted by molar-refractivity contribution is 5.28. The number of rotatable bonds is 4. The highest BCUT2D eigenvalue weighted by Gasteiger charge is 2.26. The van der Waals surface area contributed by atoms with Crippen LogP contribution in [0.15, 0.2) is 18.5 Å². The molecule has 124 valence electrons. The summed E-state index contributed by atoms with van der Waals surface area (Å²) in [7, 11) is 5.97. The lowest BCUT2D eigenvalue weighted by molar-refractivity contribution is 0.137. The van der Waals surface area contributed by atoms with Crippen molar-refractivity contribution < 1.29 is 0 Å². The van der Waals surface area contributed by atoms with Crippen LogP contribution in [0.1, 0.15) is 42.3 Å². The number of aromatic nitrogens is 4. The lowest BCUT2D eigenvalue weighted by atomic mass is 9.98. The van der Waals surface area contributed by atoms with E-state index in [1.54, 1.807) is 0 Å². The van der Waals surface area contributed by atoms with E-state index >= 15 is 0 Å². The molecule has 6 nitrogen and oxygen atoms in total. The van der Waals surface area contributed by atoms with E-state index in [4.69, 9.17) is 4.98 Å². The van der Waals surface area contributed by atoms with Gasteiger partial charge < -0.3 is 4.90 Å². The molecular weight excluding hydrogens is 288 g/mol. The molecular formula is C17H26N6. The number of hydrogen-bond donors (Lipinski definition) is 0. The van der Waals surface area contributed by atoms with E-state index < -0.39 is 0 Å². The van der Waals surface area contributed by atoms with E-state index in [2.05, 4.69) is 28.0 Å². The standard InChI is InChI=1S/C17H26N6/c1-13-14(11-19-22(13)4)12-23-10-6-5-7-16(23)15-8-9-18-17(20-15)21(2)3/h8-9,11,16H,5-7,10,12H2,1-4H3/t16-/m1/s1. The summed E-state index contributed by atoms with van der Waals surface area (Å²) >= 11 is 0. The minimum absolute atomic E-state index is 0.366. The van der Waals surface area contributed by atoms with Gasteiger partial charge in [0.15, 0.2) is 0 Å². The third-order valence-electron chi connectivity index (χ3n) is 4.73. The molecule has 1 fully saturated rings. The van der Waals surface area contributed by atoms with Crippen LogP contribution in [0.2, 0.25) is 0 Å². The van der Waals surface area contributed by atoms with Gasteiger partial charge in [0.25, 0.3) is 0 Å². The molecule has 0 radical (unpaired) electrons. The summed E-state index contributed by atoms with van der Waals surface area (Å²) in [5.41, 5.74) is 3.68. The van der Waals surface area contributed by atoms with E-state index in [1.807, 2.05) is 43.1 Å². The molecule has 0 N–H and O–H groups in total. The molecule has 0 unspecified atom stereocenters. The number of hydrogen-bond acceptors (Lipinski definition) is 5. The van der Waals surface area contributed by atoms with Crippen molar-refractivity contribution in [3.8, 4) is 0 Å². The Bertz CT molecular complexity index is 663. The number of anilines is 1. The van der Waals surface area contributed by atoms with Crippen LogP contribution in [0, 0.1) is 6.92 Å². The maximum absolute atomic E-state index is 4.77. The van der Waals surface area contributed by atoms with Crippen LogP contribution < -0.4 is 4.90 Å². The van der Waals surface area contributed by atoms with Crippen molar-refractivity contribution in [3.05, 3.63) is 35.4 Å². The Hall–Kier alpha value is -1.95. The van der Waals surface area contributed by atoms with Crippen LogP contribution in [-0.2, 0) is 13.6 Å². The predicted molar refractivity (Wildman–Crippen MR) is 91.3 cm³/mol. The molecule has 3 heterocycles. The van der Waals surface area contributed by atoms with Crippen molar-refractivity contribution in [2.45, 2.75) is 38.8 Å². The average Bonchev–Trinajstić information content (AvgIpc) is 2.87. The summed E-state index contributed by atoms with van der Waals surface area (Å²) in [6, 6.07) is 2.43. The normalized spacial score (nSPS) is 19.0. The number of piperidine rings is 1. The highest BCUT2D eigenvalue weighted by Crippen LogP contribution is 2.31. The number of aryl methyl sites for hydroxylation is 1. The minimum Gasteiger partial charge on any atom is -0.347 e. The zero-order valence-electron chi connectivity index (χ0n) is 14.5. The largest absolute Gasteiger partial charge is 0.347 e. The number of nitrogens with zero attached hydrogens (tertiary/aromatic N) is 6. The second kappa shape index (κ2) is 6.66. The molecule has 0 amide bonds. The first-order valence-electron chi connectivity index (χ1n) is 8.28. The Labute approximate surface area is 138 Å². The SMILES string of the molecule is Cc1c(CN2CCCC[C@@H]2c2ccnc(N(C)C)n2)cnn1C. The summed E-state index contributed by atoms with van der Waals surface area (Å²) in [6.07, 6.45) is 7.53. The first-order chi connectivity index (χ1) is 11.1. The Morgan fingerprint density at radius 2 is 2.13 bits per heavy atom. The van der Waals surface area contributed by atoms with Gasteiger partial charge in [0.2, 0.25) is 5.95 Å². The van der Waals surface area contributed by atoms with Crippen LogP contribution in [0.5, 0.6) is 0 Å². The summed E-state index contributed by atoms with van der Waals surface area (Å²) in [6.45, 7) is 4.18. The van der Waals surface area contributed by atoms with Gasteiger partial charge in [-0.1, -0.05) is 6.42 Å². The lowest BCUT2D eigenvalue weighted by Gasteiger charge is -2.35. The Kier molecular flexibility index (Phi) is 4.61. The predicted octanol–water partition coefficient (Wildman–Crippen LogP) is 2.31. The lowest BCUT2D eigenvalue weighted by Crippen LogP contribution is -2.33. The van der Waals surface area contributed by atoms with Crippen molar-refractivity contribution in [1.29, 1.82) is 0 Å². The summed E-state index contributed by atoms with van der Waals surface area (Å²) in [5, 5.41) is 4.37. The van der Waals surface area contributed by atoms with Crippen molar-refractivity contribution in [2.24, 2.45) is 7.05 Å². The molecule has 0 bridgehead atoms. The molecule has 0 aliphatic carbocycles. The summed E-state index contributed by atoms with van der Waals surface area (Å²) in [4.78, 5) is 13.6. The van der Waals surface area contributed by atoms with Crippen LogP contribution in [-0.4, -0.2) is 45.3 Å². The van der Waals surface area contributed by atoms with Gasteiger partial charge in [0.05, 0.1) is 17.9 Å². The minimum atomic E-state index is 0.366. The van der Waals surface area contributed by atoms with Crippen LogP contribution >= 0.6 is 0 Å². The van der Waals surface area contributed by atoms with E-state index in [1.165, 1.54) is 24.1 Å². The Balaban J connectivity index is 1.84. The molecule has 0 spiro atoms. The molecule has 1 saturated heterocycles. The fourth-order valence-corrected chi connectivity index (χ4v) is 3.20. The monoisotopic (exact) mass is 314 g/mol. The van der Waals surface area contributed by atoms with E-state index in [0.29, 0.717) is 6.04 Å². The van der Waals surface area contributed by atoms with E-state index in [-0.39, 0.29) is 0 Å². The van der Waals surface area contributed by atoms with Gasteiger partial charge in [-0.05, 0) is 32.4 Å². The van der Waals surface area contributed by atoms with Crippen LogP contribution in [0.3, 0.4) is 0 Å². The molecule has 23 heavy (non-hydrogen) atoms.